The molecule has 0 saturated heterocycles. The van der Waals surface area contributed by atoms with Gasteiger partial charge in [0.1, 0.15) is 0 Å². The van der Waals surface area contributed by atoms with Crippen LogP contribution in [0.4, 0.5) is 0 Å². The lowest BCUT2D eigenvalue weighted by Crippen LogP contribution is -2.04. The first kappa shape index (κ1) is 12.1. The van der Waals surface area contributed by atoms with Crippen molar-refractivity contribution in [3.05, 3.63) is 22.2 Å². The van der Waals surface area contributed by atoms with Gasteiger partial charge in [0.2, 0.25) is 0 Å². The highest BCUT2D eigenvalue weighted by Gasteiger charge is 2.16. The van der Waals surface area contributed by atoms with Gasteiger partial charge in [0, 0.05) is 5.56 Å². The number of ether oxygens (including phenoxy) is 2. The lowest BCUT2D eigenvalue weighted by atomic mass is 10.1. The number of methoxy groups -OCH3 is 2. The van der Waals surface area contributed by atoms with Crippen LogP contribution in [0.3, 0.4) is 0 Å². The highest BCUT2D eigenvalue weighted by atomic mass is 35.5. The van der Waals surface area contributed by atoms with Crippen molar-refractivity contribution in [3.8, 4) is 11.5 Å². The number of hydrogen-bond donors (Lipinski definition) is 1. The molecule has 0 aliphatic rings. The first-order chi connectivity index (χ1) is 7.15. The van der Waals surface area contributed by atoms with Gasteiger partial charge in [-0.15, -0.1) is 0 Å². The minimum Gasteiger partial charge on any atom is -0.493 e. The molecule has 0 aromatic heterocycles. The molecule has 1 aromatic rings. The van der Waals surface area contributed by atoms with Gasteiger partial charge in [-0.3, -0.25) is 4.84 Å². The number of hydrogen-bond acceptors (Lipinski definition) is 4. The summed E-state index contributed by atoms with van der Waals surface area (Å²) in [7, 11) is 3.11. The van der Waals surface area contributed by atoms with Crippen molar-refractivity contribution in [3.63, 3.8) is 0 Å². The number of aryl methyl sites for hydroxylation is 1. The van der Waals surface area contributed by atoms with E-state index in [9.17, 15) is 0 Å². The van der Waals surface area contributed by atoms with Gasteiger partial charge in [0.15, 0.2) is 11.5 Å². The molecule has 0 aliphatic carbocycles. The molecule has 4 nitrogen and oxygen atoms in total. The average Bonchev–Trinajstić information content (AvgIpc) is 2.24. The van der Waals surface area contributed by atoms with E-state index >= 15 is 0 Å². The minimum absolute atomic E-state index is 0.181. The fourth-order valence-electron chi connectivity index (χ4n) is 1.40. The van der Waals surface area contributed by atoms with Crippen LogP contribution in [0.1, 0.15) is 11.1 Å². The molecular formula is C10H14ClNO3. The van der Waals surface area contributed by atoms with Crippen molar-refractivity contribution in [1.82, 2.24) is 0 Å². The highest BCUT2D eigenvalue weighted by Crippen LogP contribution is 2.38. The monoisotopic (exact) mass is 231 g/mol. The van der Waals surface area contributed by atoms with Crippen LogP contribution in [0, 0.1) is 6.92 Å². The van der Waals surface area contributed by atoms with E-state index in [4.69, 9.17) is 27.0 Å². The first-order valence-electron chi connectivity index (χ1n) is 4.37. The molecule has 0 spiro atoms. The molecule has 15 heavy (non-hydrogen) atoms. The maximum Gasteiger partial charge on any atom is 0.167 e. The molecule has 0 fully saturated rings. The van der Waals surface area contributed by atoms with Gasteiger partial charge in [-0.25, -0.2) is 5.90 Å². The topological polar surface area (TPSA) is 53.7 Å². The third kappa shape index (κ3) is 2.34. The van der Waals surface area contributed by atoms with Gasteiger partial charge in [-0.05, 0) is 18.6 Å². The second-order valence-corrected chi connectivity index (χ2v) is 3.41. The normalized spacial score (nSPS) is 10.2. The maximum absolute atomic E-state index is 6.11. The Hall–Kier alpha value is -0.970. The van der Waals surface area contributed by atoms with Gasteiger partial charge in [-0.1, -0.05) is 11.6 Å². The van der Waals surface area contributed by atoms with Crippen LogP contribution in [0.15, 0.2) is 6.07 Å². The van der Waals surface area contributed by atoms with Gasteiger partial charge in [-0.2, -0.15) is 0 Å². The summed E-state index contributed by atoms with van der Waals surface area (Å²) in [4.78, 5) is 4.59. The fourth-order valence-corrected chi connectivity index (χ4v) is 1.59. The molecule has 0 saturated carbocycles. The summed E-state index contributed by atoms with van der Waals surface area (Å²) >= 11 is 6.11. The zero-order valence-corrected chi connectivity index (χ0v) is 9.72. The van der Waals surface area contributed by atoms with Crippen LogP contribution in [0.2, 0.25) is 5.02 Å². The zero-order chi connectivity index (χ0) is 11.4. The quantitative estimate of drug-likeness (QED) is 0.806. The summed E-state index contributed by atoms with van der Waals surface area (Å²) in [6.45, 7) is 2.06. The van der Waals surface area contributed by atoms with Gasteiger partial charge in [0.05, 0.1) is 25.8 Å². The van der Waals surface area contributed by atoms with Crippen molar-refractivity contribution in [1.29, 1.82) is 0 Å². The molecule has 5 heteroatoms. The lowest BCUT2D eigenvalue weighted by molar-refractivity contribution is 0.121. The largest absolute Gasteiger partial charge is 0.493 e. The number of benzene rings is 1. The highest BCUT2D eigenvalue weighted by molar-refractivity contribution is 6.32. The Balaban J connectivity index is 3.35. The van der Waals surface area contributed by atoms with Gasteiger partial charge >= 0.3 is 0 Å². The molecule has 1 aromatic carbocycles. The van der Waals surface area contributed by atoms with E-state index in [1.807, 2.05) is 6.92 Å². The van der Waals surface area contributed by atoms with Crippen molar-refractivity contribution >= 4 is 11.6 Å². The van der Waals surface area contributed by atoms with Crippen LogP contribution < -0.4 is 15.4 Å². The predicted octanol–water partition coefficient (Wildman–Crippen LogP) is 2.06. The van der Waals surface area contributed by atoms with E-state index < -0.39 is 0 Å². The number of nitrogens with two attached hydrogens (primary N) is 1. The standard InChI is InChI=1S/C10H14ClNO3/c1-6-4-8(13-2)10(14-3)7(5-15-12)9(6)11/h4H,5,12H2,1-3H3. The second-order valence-electron chi connectivity index (χ2n) is 3.03. The van der Waals surface area contributed by atoms with Gasteiger partial charge in [0.25, 0.3) is 0 Å². The molecule has 0 bridgehead atoms. The molecule has 84 valence electrons. The van der Waals surface area contributed by atoms with Crippen molar-refractivity contribution in [2.75, 3.05) is 14.2 Å². The van der Waals surface area contributed by atoms with Crippen molar-refractivity contribution < 1.29 is 14.3 Å². The molecule has 2 N–H and O–H groups in total. The first-order valence-corrected chi connectivity index (χ1v) is 4.75. The molecule has 0 heterocycles. The van der Waals surface area contributed by atoms with Gasteiger partial charge < -0.3 is 9.47 Å². The Morgan fingerprint density at radius 2 is 2.00 bits per heavy atom. The SMILES string of the molecule is COc1cc(C)c(Cl)c(CON)c1OC. The summed E-state index contributed by atoms with van der Waals surface area (Å²) < 4.78 is 10.4. The summed E-state index contributed by atoms with van der Waals surface area (Å²) in [6, 6.07) is 1.81. The Morgan fingerprint density at radius 1 is 1.33 bits per heavy atom. The Labute approximate surface area is 93.8 Å². The maximum atomic E-state index is 6.11. The minimum atomic E-state index is 0.181. The zero-order valence-electron chi connectivity index (χ0n) is 8.96. The third-order valence-electron chi connectivity index (χ3n) is 2.11. The summed E-state index contributed by atoms with van der Waals surface area (Å²) in [5.74, 6) is 6.21. The van der Waals surface area contributed by atoms with E-state index in [2.05, 4.69) is 4.84 Å². The predicted molar refractivity (Wildman–Crippen MR) is 58.3 cm³/mol. The molecule has 0 atom stereocenters. The Kier molecular flexibility index (Phi) is 4.20. The summed E-state index contributed by atoms with van der Waals surface area (Å²) in [6.07, 6.45) is 0. The molecule has 0 unspecified atom stereocenters. The van der Waals surface area contributed by atoms with Crippen LogP contribution in [0.25, 0.3) is 0 Å². The van der Waals surface area contributed by atoms with Crippen molar-refractivity contribution in [2.45, 2.75) is 13.5 Å². The number of halogens is 1. The summed E-state index contributed by atoms with van der Waals surface area (Å²) in [5.41, 5.74) is 1.58. The van der Waals surface area contributed by atoms with Crippen molar-refractivity contribution in [2.24, 2.45) is 5.90 Å². The van der Waals surface area contributed by atoms with E-state index in [-0.39, 0.29) is 6.61 Å². The van der Waals surface area contributed by atoms with Crippen LogP contribution in [-0.2, 0) is 11.4 Å². The van der Waals surface area contributed by atoms with Crippen LogP contribution in [-0.4, -0.2) is 14.2 Å². The van der Waals surface area contributed by atoms with Crippen LogP contribution >= 0.6 is 11.6 Å². The molecular weight excluding hydrogens is 218 g/mol. The van der Waals surface area contributed by atoms with Crippen LogP contribution in [0.5, 0.6) is 11.5 Å². The molecule has 1 rings (SSSR count). The Morgan fingerprint density at radius 3 is 2.47 bits per heavy atom. The van der Waals surface area contributed by atoms with E-state index in [0.29, 0.717) is 22.1 Å². The second kappa shape index (κ2) is 5.21. The van der Waals surface area contributed by atoms with E-state index in [1.54, 1.807) is 20.3 Å². The fraction of sp³-hybridized carbons (Fsp3) is 0.400. The van der Waals surface area contributed by atoms with E-state index in [1.165, 1.54) is 0 Å². The average molecular weight is 232 g/mol. The molecule has 0 radical (unpaired) electrons. The number of rotatable bonds is 4. The molecule has 0 amide bonds. The Bertz CT molecular complexity index is 355. The smallest absolute Gasteiger partial charge is 0.167 e. The molecule has 0 aliphatic heterocycles. The summed E-state index contributed by atoms with van der Waals surface area (Å²) in [5, 5.41) is 0.582. The lowest BCUT2D eigenvalue weighted by Gasteiger charge is -2.15. The third-order valence-corrected chi connectivity index (χ3v) is 2.63. The van der Waals surface area contributed by atoms with E-state index in [0.717, 1.165) is 5.56 Å².